The summed E-state index contributed by atoms with van der Waals surface area (Å²) in [4.78, 5) is 16.5. The normalized spacial score (nSPS) is 12.2. The number of nitrogens with zero attached hydrogens (tertiary/aromatic N) is 2. The predicted octanol–water partition coefficient (Wildman–Crippen LogP) is 4.46. The molecule has 0 aliphatic heterocycles. The molecule has 0 aliphatic rings. The molecule has 2 rings (SSSR count). The molecular weight excluding hydrogens is 286 g/mol. The van der Waals surface area contributed by atoms with Crippen LogP contribution in [0.4, 0.5) is 11.4 Å². The summed E-state index contributed by atoms with van der Waals surface area (Å²) in [6.07, 6.45) is 0. The van der Waals surface area contributed by atoms with Crippen LogP contribution in [0.25, 0.3) is 0 Å². The monoisotopic (exact) mass is 305 g/mol. The fraction of sp³-hybridized carbons (Fsp3) is 0.400. The third-order valence-electron chi connectivity index (χ3n) is 3.53. The molecule has 2 aromatic rings. The number of rotatable bonds is 4. The quantitative estimate of drug-likeness (QED) is 0.669. The van der Waals surface area contributed by atoms with Crippen LogP contribution in [0.2, 0.25) is 0 Å². The molecule has 6 heteroatoms. The highest BCUT2D eigenvalue weighted by Gasteiger charge is 2.19. The molecule has 1 unspecified atom stereocenters. The van der Waals surface area contributed by atoms with Gasteiger partial charge in [0, 0.05) is 10.9 Å². The maximum Gasteiger partial charge on any atom is 0.292 e. The third kappa shape index (κ3) is 3.21. The van der Waals surface area contributed by atoms with Crippen molar-refractivity contribution in [1.82, 2.24) is 4.98 Å². The second kappa shape index (κ2) is 5.81. The Labute approximate surface area is 128 Å². The SMILES string of the molecule is Cc1nc(C(C)Nc2cc(C)c(C)cc2[N+](=O)[O-])c(C)s1. The van der Waals surface area contributed by atoms with Gasteiger partial charge in [-0.05, 0) is 51.8 Å². The van der Waals surface area contributed by atoms with Crippen molar-refractivity contribution in [2.75, 3.05) is 5.32 Å². The molecular formula is C15H19N3O2S. The number of anilines is 1. The van der Waals surface area contributed by atoms with Crippen molar-refractivity contribution < 1.29 is 4.92 Å². The Kier molecular flexibility index (Phi) is 4.27. The van der Waals surface area contributed by atoms with Gasteiger partial charge in [0.2, 0.25) is 0 Å². The fourth-order valence-electron chi connectivity index (χ4n) is 2.32. The van der Waals surface area contributed by atoms with E-state index in [1.54, 1.807) is 17.4 Å². The molecule has 0 saturated heterocycles. The number of aryl methyl sites for hydroxylation is 4. The van der Waals surface area contributed by atoms with Gasteiger partial charge in [-0.3, -0.25) is 10.1 Å². The summed E-state index contributed by atoms with van der Waals surface area (Å²) >= 11 is 1.64. The Bertz CT molecular complexity index is 694. The van der Waals surface area contributed by atoms with E-state index in [2.05, 4.69) is 10.3 Å². The molecule has 1 aromatic carbocycles. The zero-order chi connectivity index (χ0) is 15.7. The summed E-state index contributed by atoms with van der Waals surface area (Å²) < 4.78 is 0. The van der Waals surface area contributed by atoms with Gasteiger partial charge in [0.25, 0.3) is 5.69 Å². The summed E-state index contributed by atoms with van der Waals surface area (Å²) in [5.74, 6) is 0. The van der Waals surface area contributed by atoms with E-state index in [1.807, 2.05) is 40.7 Å². The standard InChI is InChI=1S/C15H19N3O2S/c1-8-6-13(14(18(19)20)7-9(8)2)16-10(3)15-11(4)21-12(5)17-15/h6-7,10,16H,1-5H3. The van der Waals surface area contributed by atoms with Crippen molar-refractivity contribution >= 4 is 22.7 Å². The van der Waals surface area contributed by atoms with Crippen molar-refractivity contribution in [3.05, 3.63) is 49.0 Å². The molecule has 0 radical (unpaired) electrons. The van der Waals surface area contributed by atoms with Crippen LogP contribution in [-0.2, 0) is 0 Å². The number of benzene rings is 1. The Morgan fingerprint density at radius 1 is 1.24 bits per heavy atom. The summed E-state index contributed by atoms with van der Waals surface area (Å²) in [7, 11) is 0. The molecule has 21 heavy (non-hydrogen) atoms. The van der Waals surface area contributed by atoms with Crippen LogP contribution in [0.15, 0.2) is 12.1 Å². The highest BCUT2D eigenvalue weighted by atomic mass is 32.1. The maximum atomic E-state index is 11.2. The van der Waals surface area contributed by atoms with Gasteiger partial charge >= 0.3 is 0 Å². The number of thiazole rings is 1. The zero-order valence-corrected chi connectivity index (χ0v) is 13.7. The van der Waals surface area contributed by atoms with Crippen LogP contribution < -0.4 is 5.32 Å². The van der Waals surface area contributed by atoms with Crippen LogP contribution in [0.3, 0.4) is 0 Å². The highest BCUT2D eigenvalue weighted by Crippen LogP contribution is 2.32. The lowest BCUT2D eigenvalue weighted by atomic mass is 10.1. The lowest BCUT2D eigenvalue weighted by molar-refractivity contribution is -0.384. The summed E-state index contributed by atoms with van der Waals surface area (Å²) in [6, 6.07) is 3.37. The number of hydrogen-bond donors (Lipinski definition) is 1. The molecule has 5 nitrogen and oxygen atoms in total. The summed E-state index contributed by atoms with van der Waals surface area (Å²) in [6.45, 7) is 9.79. The van der Waals surface area contributed by atoms with E-state index in [4.69, 9.17) is 0 Å². The molecule has 0 spiro atoms. The van der Waals surface area contributed by atoms with Gasteiger partial charge in [0.1, 0.15) is 5.69 Å². The molecule has 0 saturated carbocycles. The zero-order valence-electron chi connectivity index (χ0n) is 12.9. The van der Waals surface area contributed by atoms with Crippen molar-refractivity contribution in [2.24, 2.45) is 0 Å². The number of nitrogens with one attached hydrogen (secondary N) is 1. The summed E-state index contributed by atoms with van der Waals surface area (Å²) in [5.41, 5.74) is 3.54. The number of aromatic nitrogens is 1. The first-order valence-corrected chi connectivity index (χ1v) is 7.57. The average Bonchev–Trinajstić information content (AvgIpc) is 2.72. The van der Waals surface area contributed by atoms with E-state index in [0.717, 1.165) is 26.7 Å². The van der Waals surface area contributed by atoms with Crippen molar-refractivity contribution in [1.29, 1.82) is 0 Å². The van der Waals surface area contributed by atoms with Gasteiger partial charge < -0.3 is 5.32 Å². The second-order valence-corrected chi connectivity index (χ2v) is 6.66. The second-order valence-electron chi connectivity index (χ2n) is 5.25. The van der Waals surface area contributed by atoms with E-state index >= 15 is 0 Å². The molecule has 1 aromatic heterocycles. The Morgan fingerprint density at radius 3 is 2.38 bits per heavy atom. The Hall–Kier alpha value is -1.95. The molecule has 0 aliphatic carbocycles. The van der Waals surface area contributed by atoms with Crippen LogP contribution >= 0.6 is 11.3 Å². The van der Waals surface area contributed by atoms with Gasteiger partial charge in [-0.25, -0.2) is 4.98 Å². The molecule has 1 atom stereocenters. The lowest BCUT2D eigenvalue weighted by Gasteiger charge is -2.15. The van der Waals surface area contributed by atoms with Crippen LogP contribution in [0, 0.1) is 37.8 Å². The van der Waals surface area contributed by atoms with Gasteiger partial charge in [0.05, 0.1) is 21.7 Å². The van der Waals surface area contributed by atoms with Gasteiger partial charge in [-0.2, -0.15) is 0 Å². The third-order valence-corrected chi connectivity index (χ3v) is 4.43. The minimum Gasteiger partial charge on any atom is -0.371 e. The van der Waals surface area contributed by atoms with E-state index < -0.39 is 0 Å². The van der Waals surface area contributed by atoms with E-state index in [9.17, 15) is 10.1 Å². The van der Waals surface area contributed by atoms with Gasteiger partial charge in [-0.1, -0.05) is 0 Å². The first-order chi connectivity index (χ1) is 9.79. The Morgan fingerprint density at radius 2 is 1.86 bits per heavy atom. The molecule has 0 fully saturated rings. The van der Waals surface area contributed by atoms with Crippen molar-refractivity contribution in [3.63, 3.8) is 0 Å². The minimum absolute atomic E-state index is 0.0734. The highest BCUT2D eigenvalue weighted by molar-refractivity contribution is 7.11. The van der Waals surface area contributed by atoms with Crippen LogP contribution in [0.1, 0.15) is 39.7 Å². The molecule has 0 amide bonds. The predicted molar refractivity (Wildman–Crippen MR) is 86.2 cm³/mol. The van der Waals surface area contributed by atoms with Gasteiger partial charge in [0.15, 0.2) is 0 Å². The van der Waals surface area contributed by atoms with Crippen molar-refractivity contribution in [3.8, 4) is 0 Å². The van der Waals surface area contributed by atoms with E-state index in [-0.39, 0.29) is 16.7 Å². The summed E-state index contributed by atoms with van der Waals surface area (Å²) in [5, 5.41) is 15.5. The smallest absolute Gasteiger partial charge is 0.292 e. The fourth-order valence-corrected chi connectivity index (χ4v) is 3.23. The number of nitro groups is 1. The van der Waals surface area contributed by atoms with Crippen molar-refractivity contribution in [2.45, 2.75) is 40.7 Å². The largest absolute Gasteiger partial charge is 0.371 e. The lowest BCUT2D eigenvalue weighted by Crippen LogP contribution is -2.10. The number of hydrogen-bond acceptors (Lipinski definition) is 5. The maximum absolute atomic E-state index is 11.2. The topological polar surface area (TPSA) is 68.1 Å². The average molecular weight is 305 g/mol. The van der Waals surface area contributed by atoms with Crippen LogP contribution in [-0.4, -0.2) is 9.91 Å². The molecule has 1 N–H and O–H groups in total. The molecule has 112 valence electrons. The first-order valence-electron chi connectivity index (χ1n) is 6.75. The molecule has 1 heterocycles. The molecule has 0 bridgehead atoms. The minimum atomic E-state index is -0.347. The van der Waals surface area contributed by atoms with Gasteiger partial charge in [-0.15, -0.1) is 11.3 Å². The van der Waals surface area contributed by atoms with Crippen LogP contribution in [0.5, 0.6) is 0 Å². The van der Waals surface area contributed by atoms with E-state index in [1.165, 1.54) is 0 Å². The first kappa shape index (κ1) is 15.4. The Balaban J connectivity index is 2.36. The number of nitro benzene ring substituents is 1. The van der Waals surface area contributed by atoms with E-state index in [0.29, 0.717) is 5.69 Å².